The molecule has 0 aromatic carbocycles. The highest BCUT2D eigenvalue weighted by Gasteiger charge is 2.53. The average Bonchev–Trinajstić information content (AvgIpc) is 3.36. The summed E-state index contributed by atoms with van der Waals surface area (Å²) in [4.78, 5) is 73.3. The number of carbonyl (C=O) groups excluding carboxylic acids is 5. The number of aliphatic hydroxyl groups is 2. The number of nitrogens with zero attached hydrogens (tertiary/aromatic N) is 1. The van der Waals surface area contributed by atoms with Crippen LogP contribution in [0.5, 0.6) is 0 Å². The number of allylic oxidation sites excluding steroid dienone is 6. The number of aliphatic hydroxyl groups excluding tert-OH is 1. The largest absolute Gasteiger partial charge is 0.460 e. The molecule has 2 bridgehead atoms. The summed E-state index contributed by atoms with van der Waals surface area (Å²) in [6.45, 7) is 5.80. The summed E-state index contributed by atoms with van der Waals surface area (Å²) >= 11 is 0. The molecule has 1 saturated carbocycles. The average molecular weight is 1010 g/mol. The first-order valence-electron chi connectivity index (χ1n) is 28.7. The first-order chi connectivity index (χ1) is 36.0. The Balaban J connectivity index is 1.82. The molecule has 1 aliphatic carbocycles. The van der Waals surface area contributed by atoms with Crippen LogP contribution in [0.2, 0.25) is 0 Å². The third-order valence-corrected chi connectivity index (χ3v) is 15.6. The Hall–Kier alpha value is -3.14. The fraction of sp³-hybridized carbons (Fsp3) is 0.759. The SMILES string of the molecule is [2H]C([2H])([2H])[C@@H]1/C=C(\C)[C@@H](O)[C@@H](OC)C(=O)[C@H](C)C([2H])(C)[C@]([2H])(C)/C=C/C=C/C=C(\C)[C@@H](OC)C[C@@H]2CC[C@@H](C)[C@@](O)(O2)C(=O)C(=O)N2CCCC[C@H]2C(=O)O[C@H]([C@H](C)C[C@@H]2CC[C@@H](OP(C)(=O)C([2H])([2H])[2H])[C@H](OC)C2)CC1=O. The molecule has 2 saturated heterocycles. The van der Waals surface area contributed by atoms with Crippen molar-refractivity contribution in [3.05, 3.63) is 47.6 Å². The Morgan fingerprint density at radius 1 is 0.929 bits per heavy atom. The van der Waals surface area contributed by atoms with E-state index >= 15 is 0 Å². The summed E-state index contributed by atoms with van der Waals surface area (Å²) in [5.74, 6) is -16.2. The fourth-order valence-corrected chi connectivity index (χ4v) is 10.9. The van der Waals surface area contributed by atoms with E-state index in [1.54, 1.807) is 38.2 Å². The van der Waals surface area contributed by atoms with Crippen LogP contribution in [0.4, 0.5) is 0 Å². The summed E-state index contributed by atoms with van der Waals surface area (Å²) in [5.41, 5.74) is 0.607. The monoisotopic (exact) mass is 1010 g/mol. The molecule has 3 aliphatic heterocycles. The lowest BCUT2D eigenvalue weighted by atomic mass is 9.78. The van der Waals surface area contributed by atoms with Gasteiger partial charge < -0.3 is 43.3 Å². The number of ether oxygens (including phenoxy) is 5. The van der Waals surface area contributed by atoms with Crippen LogP contribution in [0.25, 0.3) is 0 Å². The highest BCUT2D eigenvalue weighted by atomic mass is 31.2. The highest BCUT2D eigenvalue weighted by Crippen LogP contribution is 2.45. The number of hydrogen-bond acceptors (Lipinski definition) is 14. The molecule has 4 aliphatic rings. The number of amides is 1. The maximum atomic E-state index is 14.6. The van der Waals surface area contributed by atoms with Crippen molar-refractivity contribution >= 4 is 36.6 Å². The van der Waals surface area contributed by atoms with Crippen LogP contribution in [0.15, 0.2) is 47.6 Å². The molecule has 0 spiro atoms. The standard InChI is InChI=1S/C54H86NO14P/c1-32-19-15-14-16-20-33(2)45(64-9)30-41-24-22-37(6)54(62,68-41)51(59)52(60)55-26-18-17-21-42(55)53(61)67-46(35(4)28-40-23-25-44(47(29-40)65-10)69-70(12,13)63)31-43(56)34(3)27-36(5)48(57)50(66-11)49(58)39(8)38(32)7/h14-16,19-20,27,32,34-35,37-42,44-48,50,57,62H,17-18,21-26,28-31H2,1-13H3/b16-14+,19-15+,33-20+,36-27+/t32-,34-,35-,37-,38?,39-,40+,41+,42+,44-,45+,46+,47-,48-,50-,54-/m1/s1/i3D3,12D3,32D,38D/t32-,34-,35-,37-,38?,39-,40+,41+,42+,44-,45+,46+,47-,48-,50-,54-,70?. The van der Waals surface area contributed by atoms with Crippen LogP contribution < -0.4 is 0 Å². The van der Waals surface area contributed by atoms with E-state index in [9.17, 15) is 41.5 Å². The number of hydrogen-bond donors (Lipinski definition) is 2. The highest BCUT2D eigenvalue weighted by molar-refractivity contribution is 7.57. The Morgan fingerprint density at radius 2 is 1.66 bits per heavy atom. The molecule has 17 atom stereocenters. The Labute approximate surface area is 429 Å². The molecule has 4 rings (SSSR count). The molecule has 16 heteroatoms. The third kappa shape index (κ3) is 15.7. The zero-order chi connectivity index (χ0) is 59.1. The molecule has 2 N–H and O–H groups in total. The van der Waals surface area contributed by atoms with E-state index in [0.717, 1.165) is 30.3 Å². The van der Waals surface area contributed by atoms with Crippen molar-refractivity contribution in [1.82, 2.24) is 4.90 Å². The van der Waals surface area contributed by atoms with E-state index in [-0.39, 0.29) is 50.1 Å². The number of piperidine rings is 1. The van der Waals surface area contributed by atoms with Crippen molar-refractivity contribution in [2.75, 3.05) is 41.1 Å². The van der Waals surface area contributed by atoms with Crippen LogP contribution in [-0.2, 0) is 56.7 Å². The van der Waals surface area contributed by atoms with Gasteiger partial charge in [0.25, 0.3) is 11.7 Å². The van der Waals surface area contributed by atoms with Crippen molar-refractivity contribution in [3.63, 3.8) is 0 Å². The Morgan fingerprint density at radius 3 is 2.31 bits per heavy atom. The van der Waals surface area contributed by atoms with Gasteiger partial charge in [-0.2, -0.15) is 0 Å². The Kier molecular flexibility index (Phi) is 18.2. The van der Waals surface area contributed by atoms with Crippen LogP contribution in [0, 0.1) is 41.4 Å². The van der Waals surface area contributed by atoms with Gasteiger partial charge in [-0.15, -0.1) is 0 Å². The third-order valence-electron chi connectivity index (χ3n) is 14.9. The van der Waals surface area contributed by atoms with Gasteiger partial charge in [-0.1, -0.05) is 77.9 Å². The zero-order valence-electron chi connectivity index (χ0n) is 51.1. The maximum absolute atomic E-state index is 14.6. The zero-order valence-corrected chi connectivity index (χ0v) is 44.0. The van der Waals surface area contributed by atoms with Gasteiger partial charge in [0, 0.05) is 82.7 Å². The molecule has 0 aromatic rings. The fourth-order valence-electron chi connectivity index (χ4n) is 10.1. The van der Waals surface area contributed by atoms with Crippen molar-refractivity contribution < 1.29 is 77.9 Å². The minimum atomic E-state index is -4.08. The number of rotatable bonds is 8. The van der Waals surface area contributed by atoms with Gasteiger partial charge in [-0.3, -0.25) is 23.7 Å². The van der Waals surface area contributed by atoms with Gasteiger partial charge >= 0.3 is 5.97 Å². The molecule has 70 heavy (non-hydrogen) atoms. The smallest absolute Gasteiger partial charge is 0.329 e. The van der Waals surface area contributed by atoms with E-state index < -0.39 is 146 Å². The second kappa shape index (κ2) is 26.7. The van der Waals surface area contributed by atoms with Gasteiger partial charge in [-0.25, -0.2) is 4.79 Å². The first kappa shape index (κ1) is 47.8. The van der Waals surface area contributed by atoms with Crippen LogP contribution in [0.1, 0.15) is 137 Å². The van der Waals surface area contributed by atoms with Gasteiger partial charge in [0.05, 0.1) is 24.4 Å². The van der Waals surface area contributed by atoms with Crippen molar-refractivity contribution in [3.8, 4) is 0 Å². The second-order valence-corrected chi connectivity index (χ2v) is 22.1. The molecule has 396 valence electrons. The van der Waals surface area contributed by atoms with Crippen molar-refractivity contribution in [2.45, 2.75) is 181 Å². The van der Waals surface area contributed by atoms with E-state index in [1.807, 2.05) is 6.92 Å². The summed E-state index contributed by atoms with van der Waals surface area (Å²) in [7, 11) is -0.0207. The molecule has 0 aromatic heterocycles. The maximum Gasteiger partial charge on any atom is 0.329 e. The predicted octanol–water partition coefficient (Wildman–Crippen LogP) is 7.99. The van der Waals surface area contributed by atoms with Gasteiger partial charge in [0.1, 0.15) is 30.1 Å². The summed E-state index contributed by atoms with van der Waals surface area (Å²) in [6, 6.07) is -1.36. The molecule has 2 unspecified atom stereocenters. The van der Waals surface area contributed by atoms with E-state index in [1.165, 1.54) is 48.0 Å². The predicted molar refractivity (Wildman–Crippen MR) is 268 cm³/mol. The van der Waals surface area contributed by atoms with Crippen LogP contribution in [-0.4, -0.2) is 140 Å². The van der Waals surface area contributed by atoms with Crippen molar-refractivity contribution in [1.29, 1.82) is 0 Å². The van der Waals surface area contributed by atoms with Gasteiger partial charge in [0.15, 0.2) is 13.2 Å². The topological polar surface area (TPSA) is 201 Å². The molecule has 3 fully saturated rings. The van der Waals surface area contributed by atoms with Gasteiger partial charge in [-0.05, 0) is 106 Å². The Bertz CT molecular complexity index is 2300. The molecule has 15 nitrogen and oxygen atoms in total. The summed E-state index contributed by atoms with van der Waals surface area (Å²) in [6.07, 6.45) is 3.72. The summed E-state index contributed by atoms with van der Waals surface area (Å²) in [5, 5.41) is 23.7. The van der Waals surface area contributed by atoms with Crippen LogP contribution in [0.3, 0.4) is 0 Å². The normalized spacial score (nSPS) is 44.5. The molecule has 3 heterocycles. The summed E-state index contributed by atoms with van der Waals surface area (Å²) < 4.78 is 115. The van der Waals surface area contributed by atoms with Gasteiger partial charge in [0.2, 0.25) is 5.79 Å². The quantitative estimate of drug-likeness (QED) is 0.103. The molecule has 0 radical (unpaired) electrons. The van der Waals surface area contributed by atoms with E-state index in [4.69, 9.17) is 36.4 Å². The number of fused-ring (bicyclic) bond motifs is 3. The number of Topliss-reactive ketones (excluding diaryl/α,β-unsaturated/α-hetero) is 3. The number of esters is 1. The lowest BCUT2D eigenvalue weighted by Gasteiger charge is -2.42. The number of methoxy groups -OCH3 is 3. The number of carbonyl (C=O) groups is 5. The lowest BCUT2D eigenvalue weighted by molar-refractivity contribution is -0.265. The lowest BCUT2D eigenvalue weighted by Crippen LogP contribution is -2.61. The van der Waals surface area contributed by atoms with E-state index in [0.29, 0.717) is 32.1 Å². The van der Waals surface area contributed by atoms with E-state index in [2.05, 4.69) is 0 Å². The number of cyclic esters (lactones) is 1. The molecule has 1 amide bonds. The number of ketones is 3. The van der Waals surface area contributed by atoms with Crippen LogP contribution >= 0.6 is 7.37 Å². The molecular weight excluding hydrogens is 918 g/mol. The minimum absolute atomic E-state index is 0.0446. The second-order valence-electron chi connectivity index (χ2n) is 20.1. The first-order valence-corrected chi connectivity index (χ1v) is 26.8. The van der Waals surface area contributed by atoms with Crippen molar-refractivity contribution in [2.24, 2.45) is 41.4 Å². The molecular formula is C54H86NO14P. The minimum Gasteiger partial charge on any atom is -0.460 e.